The number of nitrogens with zero attached hydrogens (tertiary/aromatic N) is 4. The third-order valence-electron chi connectivity index (χ3n) is 5.60. The van der Waals surface area contributed by atoms with E-state index in [0.717, 1.165) is 36.2 Å². The Labute approximate surface area is 177 Å². The van der Waals surface area contributed by atoms with Gasteiger partial charge in [-0.1, -0.05) is 38.1 Å². The van der Waals surface area contributed by atoms with Crippen LogP contribution in [0.4, 0.5) is 5.82 Å². The highest BCUT2D eigenvalue weighted by molar-refractivity contribution is 5.91. The normalized spacial score (nSPS) is 14.5. The second kappa shape index (κ2) is 8.69. The van der Waals surface area contributed by atoms with E-state index in [1.807, 2.05) is 41.3 Å². The van der Waals surface area contributed by atoms with Crippen molar-refractivity contribution in [1.29, 1.82) is 0 Å². The SMILES string of the molecule is CC(C)CCC(=O)N1CCN(c2nc(-c3ccccc3O)nc3ccccc23)CC1. The van der Waals surface area contributed by atoms with Gasteiger partial charge >= 0.3 is 0 Å². The number of rotatable bonds is 5. The number of carbonyl (C=O) groups is 1. The zero-order chi connectivity index (χ0) is 21.1. The van der Waals surface area contributed by atoms with Gasteiger partial charge in [0.05, 0.1) is 11.1 Å². The van der Waals surface area contributed by atoms with Gasteiger partial charge in [0.15, 0.2) is 5.82 Å². The maximum absolute atomic E-state index is 12.5. The Morgan fingerprint density at radius 2 is 1.70 bits per heavy atom. The summed E-state index contributed by atoms with van der Waals surface area (Å²) in [7, 11) is 0. The minimum atomic E-state index is 0.166. The van der Waals surface area contributed by atoms with Crippen LogP contribution >= 0.6 is 0 Å². The summed E-state index contributed by atoms with van der Waals surface area (Å²) in [6.07, 6.45) is 1.55. The van der Waals surface area contributed by atoms with E-state index < -0.39 is 0 Å². The molecule has 4 rings (SSSR count). The number of para-hydroxylation sites is 2. The highest BCUT2D eigenvalue weighted by atomic mass is 16.3. The first-order valence-corrected chi connectivity index (χ1v) is 10.6. The zero-order valence-electron chi connectivity index (χ0n) is 17.6. The number of phenols is 1. The number of aromatic nitrogens is 2. The molecule has 1 aliphatic rings. The second-order valence-electron chi connectivity index (χ2n) is 8.21. The first-order valence-electron chi connectivity index (χ1n) is 10.6. The standard InChI is InChI=1S/C24H28N4O2/c1-17(2)11-12-22(30)27-13-15-28(16-14-27)24-18-7-3-5-9-20(18)25-23(26-24)19-8-4-6-10-21(19)29/h3-10,17,29H,11-16H2,1-2H3. The summed E-state index contributed by atoms with van der Waals surface area (Å²) in [6, 6.07) is 15.1. The van der Waals surface area contributed by atoms with Gasteiger partial charge in [-0.25, -0.2) is 9.97 Å². The molecule has 1 N–H and O–H groups in total. The minimum Gasteiger partial charge on any atom is -0.507 e. The van der Waals surface area contributed by atoms with E-state index in [4.69, 9.17) is 4.98 Å². The first-order chi connectivity index (χ1) is 14.5. The molecule has 6 nitrogen and oxygen atoms in total. The molecule has 2 aromatic carbocycles. The summed E-state index contributed by atoms with van der Waals surface area (Å²) in [5, 5.41) is 11.3. The van der Waals surface area contributed by atoms with Crippen molar-refractivity contribution in [1.82, 2.24) is 14.9 Å². The van der Waals surface area contributed by atoms with Gasteiger partial charge in [0.25, 0.3) is 0 Å². The van der Waals surface area contributed by atoms with Crippen molar-refractivity contribution in [3.8, 4) is 17.1 Å². The summed E-state index contributed by atoms with van der Waals surface area (Å²) in [5.41, 5.74) is 1.46. The average molecular weight is 405 g/mol. The molecule has 1 fully saturated rings. The molecule has 0 spiro atoms. The van der Waals surface area contributed by atoms with Crippen molar-refractivity contribution in [2.24, 2.45) is 5.92 Å². The van der Waals surface area contributed by atoms with Crippen molar-refractivity contribution < 1.29 is 9.90 Å². The van der Waals surface area contributed by atoms with Crippen LogP contribution in [0.1, 0.15) is 26.7 Å². The molecule has 30 heavy (non-hydrogen) atoms. The van der Waals surface area contributed by atoms with Gasteiger partial charge in [0.2, 0.25) is 5.91 Å². The Hall–Kier alpha value is -3.15. The van der Waals surface area contributed by atoms with Gasteiger partial charge in [-0.3, -0.25) is 4.79 Å². The molecule has 0 saturated carbocycles. The number of phenolic OH excluding ortho intramolecular Hbond substituents is 1. The van der Waals surface area contributed by atoms with E-state index in [2.05, 4.69) is 23.7 Å². The number of piperazine rings is 1. The molecule has 2 heterocycles. The molecule has 6 heteroatoms. The van der Waals surface area contributed by atoms with Crippen molar-refractivity contribution in [3.63, 3.8) is 0 Å². The quantitative estimate of drug-likeness (QED) is 0.694. The molecule has 0 radical (unpaired) electrons. The number of benzene rings is 2. The van der Waals surface area contributed by atoms with E-state index >= 15 is 0 Å². The van der Waals surface area contributed by atoms with Gasteiger partial charge < -0.3 is 14.9 Å². The Balaban J connectivity index is 1.60. The van der Waals surface area contributed by atoms with Crippen LogP contribution in [0.5, 0.6) is 5.75 Å². The number of amides is 1. The lowest BCUT2D eigenvalue weighted by molar-refractivity contribution is -0.131. The first kappa shape index (κ1) is 20.1. The second-order valence-corrected chi connectivity index (χ2v) is 8.21. The predicted octanol–water partition coefficient (Wildman–Crippen LogP) is 4.09. The molecule has 0 aliphatic carbocycles. The summed E-state index contributed by atoms with van der Waals surface area (Å²) in [5.74, 6) is 2.31. The molecule has 1 saturated heterocycles. The summed E-state index contributed by atoms with van der Waals surface area (Å²) in [6.45, 7) is 7.15. The van der Waals surface area contributed by atoms with Crippen LogP contribution in [0.3, 0.4) is 0 Å². The molecule has 3 aromatic rings. The van der Waals surface area contributed by atoms with Gasteiger partial charge in [0, 0.05) is 38.0 Å². The lowest BCUT2D eigenvalue weighted by Crippen LogP contribution is -2.49. The van der Waals surface area contributed by atoms with Crippen molar-refractivity contribution in [2.75, 3.05) is 31.1 Å². The number of carbonyl (C=O) groups excluding carboxylic acids is 1. The Kier molecular flexibility index (Phi) is 5.84. The minimum absolute atomic E-state index is 0.166. The molecular weight excluding hydrogens is 376 g/mol. The molecule has 1 amide bonds. The van der Waals surface area contributed by atoms with E-state index in [0.29, 0.717) is 36.8 Å². The van der Waals surface area contributed by atoms with Crippen molar-refractivity contribution in [3.05, 3.63) is 48.5 Å². The third-order valence-corrected chi connectivity index (χ3v) is 5.60. The lowest BCUT2D eigenvalue weighted by atomic mass is 10.1. The van der Waals surface area contributed by atoms with Crippen LogP contribution in [0.25, 0.3) is 22.3 Å². The smallest absolute Gasteiger partial charge is 0.222 e. The maximum atomic E-state index is 12.5. The van der Waals surface area contributed by atoms with E-state index in [9.17, 15) is 9.90 Å². The molecule has 0 unspecified atom stereocenters. The summed E-state index contributed by atoms with van der Waals surface area (Å²) in [4.78, 5) is 26.2. The Morgan fingerprint density at radius 3 is 2.43 bits per heavy atom. The molecule has 156 valence electrons. The number of fused-ring (bicyclic) bond motifs is 1. The van der Waals surface area contributed by atoms with Crippen LogP contribution in [-0.2, 0) is 4.79 Å². The highest BCUT2D eigenvalue weighted by Crippen LogP contribution is 2.31. The number of anilines is 1. The third kappa shape index (κ3) is 4.22. The molecule has 1 aromatic heterocycles. The molecule has 0 atom stereocenters. The molecule has 1 aliphatic heterocycles. The molecule has 0 bridgehead atoms. The van der Waals surface area contributed by atoms with Gasteiger partial charge in [-0.15, -0.1) is 0 Å². The Morgan fingerprint density at radius 1 is 1.00 bits per heavy atom. The highest BCUT2D eigenvalue weighted by Gasteiger charge is 2.24. The van der Waals surface area contributed by atoms with Crippen LogP contribution in [-0.4, -0.2) is 52.1 Å². The van der Waals surface area contributed by atoms with Crippen LogP contribution in [0.15, 0.2) is 48.5 Å². The number of aromatic hydroxyl groups is 1. The van der Waals surface area contributed by atoms with Gasteiger partial charge in [-0.05, 0) is 36.6 Å². The Bertz CT molecular complexity index is 1040. The fourth-order valence-corrected chi connectivity index (χ4v) is 3.82. The zero-order valence-corrected chi connectivity index (χ0v) is 17.6. The van der Waals surface area contributed by atoms with E-state index in [1.165, 1.54) is 0 Å². The van der Waals surface area contributed by atoms with Crippen molar-refractivity contribution in [2.45, 2.75) is 26.7 Å². The predicted molar refractivity (Wildman–Crippen MR) is 120 cm³/mol. The average Bonchev–Trinajstić information content (AvgIpc) is 2.77. The van der Waals surface area contributed by atoms with Crippen LogP contribution in [0, 0.1) is 5.92 Å². The monoisotopic (exact) mass is 404 g/mol. The largest absolute Gasteiger partial charge is 0.507 e. The number of hydrogen-bond acceptors (Lipinski definition) is 5. The van der Waals surface area contributed by atoms with Crippen molar-refractivity contribution >= 4 is 22.6 Å². The summed E-state index contributed by atoms with van der Waals surface area (Å²) >= 11 is 0. The van der Waals surface area contributed by atoms with E-state index in [-0.39, 0.29) is 11.7 Å². The van der Waals surface area contributed by atoms with Crippen LogP contribution < -0.4 is 4.90 Å². The maximum Gasteiger partial charge on any atom is 0.222 e. The lowest BCUT2D eigenvalue weighted by Gasteiger charge is -2.36. The molecular formula is C24H28N4O2. The fourth-order valence-electron chi connectivity index (χ4n) is 3.82. The van der Waals surface area contributed by atoms with Gasteiger partial charge in [-0.2, -0.15) is 0 Å². The van der Waals surface area contributed by atoms with E-state index in [1.54, 1.807) is 12.1 Å². The van der Waals surface area contributed by atoms with Gasteiger partial charge in [0.1, 0.15) is 11.6 Å². The fraction of sp³-hybridized carbons (Fsp3) is 0.375. The number of hydrogen-bond donors (Lipinski definition) is 1. The van der Waals surface area contributed by atoms with Crippen LogP contribution in [0.2, 0.25) is 0 Å². The topological polar surface area (TPSA) is 69.6 Å². The summed E-state index contributed by atoms with van der Waals surface area (Å²) < 4.78 is 0.